The van der Waals surface area contributed by atoms with Gasteiger partial charge in [0, 0.05) is 17.6 Å². The van der Waals surface area contributed by atoms with E-state index in [0.29, 0.717) is 30.2 Å². The highest BCUT2D eigenvalue weighted by Gasteiger charge is 2.31. The van der Waals surface area contributed by atoms with Crippen molar-refractivity contribution in [1.29, 1.82) is 0 Å². The molecule has 1 aliphatic rings. The maximum absolute atomic E-state index is 14.2. The Bertz CT molecular complexity index is 620. The number of carboxylic acid groups (broad SMARTS) is 1. The molecule has 0 aromatic heterocycles. The standard InChI is InChI=1S/C16H20BrFN2O4/c1-19(11-3-5-12(21)6-4-11)16(24)20(9-15(22)23)14-7-2-10(17)8-13(14)18/h2,7-8,11-12,21H,3-6,9H2,1H3,(H,22,23)/t11-,12+. The molecule has 0 unspecified atom stereocenters. The van der Waals surface area contributed by atoms with E-state index in [9.17, 15) is 19.1 Å². The largest absolute Gasteiger partial charge is 0.480 e. The van der Waals surface area contributed by atoms with Crippen molar-refractivity contribution in [3.8, 4) is 0 Å². The van der Waals surface area contributed by atoms with E-state index in [1.165, 1.54) is 17.0 Å². The highest BCUT2D eigenvalue weighted by Crippen LogP contribution is 2.27. The minimum Gasteiger partial charge on any atom is -0.480 e. The molecule has 0 spiro atoms. The Morgan fingerprint density at radius 3 is 2.46 bits per heavy atom. The molecule has 6 nitrogen and oxygen atoms in total. The summed E-state index contributed by atoms with van der Waals surface area (Å²) in [7, 11) is 1.58. The molecule has 0 atom stereocenters. The van der Waals surface area contributed by atoms with Gasteiger partial charge in [-0.1, -0.05) is 15.9 Å². The fourth-order valence-corrected chi connectivity index (χ4v) is 3.22. The van der Waals surface area contributed by atoms with E-state index in [-0.39, 0.29) is 17.8 Å². The number of aliphatic carboxylic acids is 1. The molecule has 1 aliphatic carbocycles. The Hall–Kier alpha value is -1.67. The monoisotopic (exact) mass is 402 g/mol. The van der Waals surface area contributed by atoms with Crippen molar-refractivity contribution in [2.24, 2.45) is 0 Å². The molecule has 0 heterocycles. The molecular formula is C16H20BrFN2O4. The number of hydrogen-bond acceptors (Lipinski definition) is 3. The maximum Gasteiger partial charge on any atom is 0.325 e. The fraction of sp³-hybridized carbons (Fsp3) is 0.500. The lowest BCUT2D eigenvalue weighted by Crippen LogP contribution is -2.49. The molecule has 8 heteroatoms. The molecule has 0 saturated heterocycles. The molecule has 2 rings (SSSR count). The summed E-state index contributed by atoms with van der Waals surface area (Å²) in [4.78, 5) is 26.2. The van der Waals surface area contributed by atoms with E-state index >= 15 is 0 Å². The van der Waals surface area contributed by atoms with Gasteiger partial charge in [-0.25, -0.2) is 9.18 Å². The fourth-order valence-electron chi connectivity index (χ4n) is 2.88. The third-order valence-corrected chi connectivity index (χ3v) is 4.73. The summed E-state index contributed by atoms with van der Waals surface area (Å²) in [6, 6.07) is 3.45. The molecule has 1 aromatic rings. The number of carbonyl (C=O) groups is 2. The van der Waals surface area contributed by atoms with Gasteiger partial charge in [-0.15, -0.1) is 0 Å². The second-order valence-corrected chi connectivity index (χ2v) is 6.85. The Morgan fingerprint density at radius 2 is 1.92 bits per heavy atom. The predicted octanol–water partition coefficient (Wildman–Crippen LogP) is 2.83. The van der Waals surface area contributed by atoms with E-state index in [0.717, 1.165) is 4.90 Å². The van der Waals surface area contributed by atoms with Gasteiger partial charge < -0.3 is 15.1 Å². The molecule has 0 bridgehead atoms. The van der Waals surface area contributed by atoms with Crippen molar-refractivity contribution in [3.63, 3.8) is 0 Å². The van der Waals surface area contributed by atoms with Crippen LogP contribution in [-0.2, 0) is 4.79 Å². The van der Waals surface area contributed by atoms with Crippen molar-refractivity contribution in [2.75, 3.05) is 18.5 Å². The quantitative estimate of drug-likeness (QED) is 0.810. The van der Waals surface area contributed by atoms with Crippen LogP contribution in [0.1, 0.15) is 25.7 Å². The van der Waals surface area contributed by atoms with E-state index < -0.39 is 24.4 Å². The number of anilines is 1. The number of nitrogens with zero attached hydrogens (tertiary/aromatic N) is 2. The summed E-state index contributed by atoms with van der Waals surface area (Å²) < 4.78 is 14.7. The van der Waals surface area contributed by atoms with Gasteiger partial charge in [0.25, 0.3) is 0 Å². The Balaban J connectivity index is 2.23. The van der Waals surface area contributed by atoms with Crippen molar-refractivity contribution in [1.82, 2.24) is 4.90 Å². The van der Waals surface area contributed by atoms with Crippen LogP contribution in [0.5, 0.6) is 0 Å². The number of carboxylic acids is 1. The molecule has 0 aliphatic heterocycles. The SMILES string of the molecule is CN(C(=O)N(CC(=O)O)c1ccc(Br)cc1F)[C@H]1CC[C@@H](O)CC1. The van der Waals surface area contributed by atoms with Gasteiger partial charge in [0.2, 0.25) is 0 Å². The van der Waals surface area contributed by atoms with E-state index in [1.54, 1.807) is 13.1 Å². The zero-order valence-electron chi connectivity index (χ0n) is 13.3. The van der Waals surface area contributed by atoms with Crippen molar-refractivity contribution < 1.29 is 24.2 Å². The highest BCUT2D eigenvalue weighted by atomic mass is 79.9. The second kappa shape index (κ2) is 7.94. The topological polar surface area (TPSA) is 81.1 Å². The first-order valence-electron chi connectivity index (χ1n) is 7.69. The Kier molecular flexibility index (Phi) is 6.17. The zero-order chi connectivity index (χ0) is 17.9. The molecule has 2 amide bonds. The summed E-state index contributed by atoms with van der Waals surface area (Å²) in [5.74, 6) is -1.90. The maximum atomic E-state index is 14.2. The van der Waals surface area contributed by atoms with Crippen LogP contribution < -0.4 is 4.90 Å². The molecule has 132 valence electrons. The molecule has 1 aromatic carbocycles. The smallest absolute Gasteiger partial charge is 0.325 e. The van der Waals surface area contributed by atoms with Crippen LogP contribution in [-0.4, -0.2) is 52.9 Å². The predicted molar refractivity (Wildman–Crippen MR) is 90.5 cm³/mol. The van der Waals surface area contributed by atoms with Crippen LogP contribution in [0.3, 0.4) is 0 Å². The number of carbonyl (C=O) groups excluding carboxylic acids is 1. The van der Waals surface area contributed by atoms with Crippen molar-refractivity contribution in [2.45, 2.75) is 37.8 Å². The molecule has 1 fully saturated rings. The van der Waals surface area contributed by atoms with Crippen molar-refractivity contribution in [3.05, 3.63) is 28.5 Å². The first-order chi connectivity index (χ1) is 11.3. The molecular weight excluding hydrogens is 383 g/mol. The lowest BCUT2D eigenvalue weighted by molar-refractivity contribution is -0.135. The normalized spacial score (nSPS) is 20.5. The van der Waals surface area contributed by atoms with Gasteiger partial charge >= 0.3 is 12.0 Å². The molecule has 24 heavy (non-hydrogen) atoms. The zero-order valence-corrected chi connectivity index (χ0v) is 14.9. The van der Waals surface area contributed by atoms with Crippen LogP contribution in [0, 0.1) is 5.82 Å². The number of aliphatic hydroxyl groups excluding tert-OH is 1. The van der Waals surface area contributed by atoms with Crippen LogP contribution >= 0.6 is 15.9 Å². The third-order valence-electron chi connectivity index (χ3n) is 4.24. The lowest BCUT2D eigenvalue weighted by atomic mass is 9.92. The minimum atomic E-state index is -1.22. The van der Waals surface area contributed by atoms with Gasteiger partial charge in [-0.2, -0.15) is 0 Å². The van der Waals surface area contributed by atoms with E-state index in [1.807, 2.05) is 0 Å². The number of rotatable bonds is 4. The van der Waals surface area contributed by atoms with Crippen molar-refractivity contribution >= 4 is 33.6 Å². The average molecular weight is 403 g/mol. The van der Waals surface area contributed by atoms with Gasteiger partial charge in [0.1, 0.15) is 12.4 Å². The molecule has 2 N–H and O–H groups in total. The minimum absolute atomic E-state index is 0.0757. The van der Waals surface area contributed by atoms with Crippen LogP contribution in [0.2, 0.25) is 0 Å². The average Bonchev–Trinajstić information content (AvgIpc) is 2.52. The van der Waals surface area contributed by atoms with E-state index in [4.69, 9.17) is 5.11 Å². The first-order valence-corrected chi connectivity index (χ1v) is 8.48. The summed E-state index contributed by atoms with van der Waals surface area (Å²) in [6.07, 6.45) is 2.09. The number of aliphatic hydroxyl groups is 1. The summed E-state index contributed by atoms with van der Waals surface area (Å²) >= 11 is 3.14. The number of benzene rings is 1. The summed E-state index contributed by atoms with van der Waals surface area (Å²) in [5.41, 5.74) is -0.0757. The third kappa shape index (κ3) is 4.45. The lowest BCUT2D eigenvalue weighted by Gasteiger charge is -2.36. The Labute approximate surface area is 148 Å². The number of halogens is 2. The van der Waals surface area contributed by atoms with Crippen LogP contribution in [0.25, 0.3) is 0 Å². The van der Waals surface area contributed by atoms with Gasteiger partial charge in [0.15, 0.2) is 0 Å². The van der Waals surface area contributed by atoms with Gasteiger partial charge in [0.05, 0.1) is 11.8 Å². The van der Waals surface area contributed by atoms with Gasteiger partial charge in [-0.3, -0.25) is 9.69 Å². The highest BCUT2D eigenvalue weighted by molar-refractivity contribution is 9.10. The van der Waals surface area contributed by atoms with Crippen LogP contribution in [0.15, 0.2) is 22.7 Å². The van der Waals surface area contributed by atoms with Gasteiger partial charge in [-0.05, 0) is 43.9 Å². The molecule has 0 radical (unpaired) electrons. The van der Waals surface area contributed by atoms with E-state index in [2.05, 4.69) is 15.9 Å². The second-order valence-electron chi connectivity index (χ2n) is 5.93. The number of amides is 2. The number of urea groups is 1. The number of hydrogen-bond donors (Lipinski definition) is 2. The summed E-state index contributed by atoms with van der Waals surface area (Å²) in [5, 5.41) is 18.7. The summed E-state index contributed by atoms with van der Waals surface area (Å²) in [6.45, 7) is -0.628. The Morgan fingerprint density at radius 1 is 1.29 bits per heavy atom. The van der Waals surface area contributed by atoms with Crippen LogP contribution in [0.4, 0.5) is 14.9 Å². The first kappa shape index (κ1) is 18.7. The molecule has 1 saturated carbocycles.